The van der Waals surface area contributed by atoms with E-state index in [-0.39, 0.29) is 24.0 Å². The molecule has 0 radical (unpaired) electrons. The van der Waals surface area contributed by atoms with E-state index in [1.165, 1.54) is 23.0 Å². The molecule has 112 valence electrons. The number of hydrogen-bond donors (Lipinski definition) is 1. The predicted molar refractivity (Wildman–Crippen MR) is 84.6 cm³/mol. The first-order chi connectivity index (χ1) is 10.5. The summed E-state index contributed by atoms with van der Waals surface area (Å²) < 4.78 is 14.3. The largest absolute Gasteiger partial charge is 0.374 e. The molecule has 2 rings (SSSR count). The van der Waals surface area contributed by atoms with Gasteiger partial charge in [-0.2, -0.15) is 5.10 Å². The summed E-state index contributed by atoms with van der Waals surface area (Å²) in [6.45, 7) is 5.92. The summed E-state index contributed by atoms with van der Waals surface area (Å²) in [5.41, 5.74) is 1.36. The Labute approximate surface area is 128 Å². The van der Waals surface area contributed by atoms with Gasteiger partial charge in [0.25, 0.3) is 5.56 Å². The van der Waals surface area contributed by atoms with Gasteiger partial charge < -0.3 is 5.32 Å². The Morgan fingerprint density at radius 2 is 2.14 bits per heavy atom. The Morgan fingerprint density at radius 1 is 1.45 bits per heavy atom. The van der Waals surface area contributed by atoms with E-state index >= 15 is 0 Å². The first-order valence-electron chi connectivity index (χ1n) is 6.74. The second-order valence-corrected chi connectivity index (χ2v) is 4.76. The van der Waals surface area contributed by atoms with Crippen LogP contribution in [0.25, 0.3) is 5.70 Å². The maximum Gasteiger partial charge on any atom is 0.276 e. The first kappa shape index (κ1) is 15.5. The van der Waals surface area contributed by atoms with Crippen LogP contribution in [-0.4, -0.2) is 16.3 Å². The molecule has 1 N–H and O–H groups in total. The molecule has 0 saturated carbocycles. The van der Waals surface area contributed by atoms with Crippen molar-refractivity contribution in [3.05, 3.63) is 70.4 Å². The van der Waals surface area contributed by atoms with Gasteiger partial charge in [-0.05, 0) is 30.7 Å². The van der Waals surface area contributed by atoms with Gasteiger partial charge in [0.2, 0.25) is 0 Å². The summed E-state index contributed by atoms with van der Waals surface area (Å²) in [5, 5.41) is 6.98. The summed E-state index contributed by atoms with van der Waals surface area (Å²) in [6, 6.07) is 7.23. The predicted octanol–water partition coefficient (Wildman–Crippen LogP) is 2.19. The highest BCUT2D eigenvalue weighted by Gasteiger charge is 2.14. The molecule has 0 spiro atoms. The van der Waals surface area contributed by atoms with Crippen molar-refractivity contribution in [2.24, 2.45) is 0 Å². The van der Waals surface area contributed by atoms with E-state index in [9.17, 15) is 9.18 Å². The smallest absolute Gasteiger partial charge is 0.276 e. The van der Waals surface area contributed by atoms with Crippen LogP contribution in [0.4, 0.5) is 4.39 Å². The van der Waals surface area contributed by atoms with Gasteiger partial charge in [0, 0.05) is 11.9 Å². The van der Waals surface area contributed by atoms with Gasteiger partial charge in [0.05, 0.1) is 18.2 Å². The van der Waals surface area contributed by atoms with E-state index in [0.29, 0.717) is 11.3 Å². The van der Waals surface area contributed by atoms with Gasteiger partial charge in [-0.3, -0.25) is 4.79 Å². The standard InChI is InChI=1S/C17H16FN3O/c1-4-10-19-12(2)16-9-11-20-21(17(16)22)13(3)14-5-7-15(18)8-6-14/h1,5-9,11,13,19H,2,10H2,3H3/t13-/m0/s1. The zero-order chi connectivity index (χ0) is 16.1. The van der Waals surface area contributed by atoms with Crippen molar-refractivity contribution in [1.29, 1.82) is 0 Å². The third-order valence-electron chi connectivity index (χ3n) is 3.32. The van der Waals surface area contributed by atoms with Gasteiger partial charge in [0.1, 0.15) is 5.82 Å². The lowest BCUT2D eigenvalue weighted by Gasteiger charge is -2.16. The van der Waals surface area contributed by atoms with Crippen molar-refractivity contribution >= 4 is 5.70 Å². The summed E-state index contributed by atoms with van der Waals surface area (Å²) in [6.07, 6.45) is 6.71. The summed E-state index contributed by atoms with van der Waals surface area (Å²) in [4.78, 5) is 12.5. The Balaban J connectivity index is 2.36. The van der Waals surface area contributed by atoms with E-state index in [0.717, 1.165) is 5.56 Å². The zero-order valence-electron chi connectivity index (χ0n) is 12.2. The van der Waals surface area contributed by atoms with Crippen LogP contribution in [0, 0.1) is 18.2 Å². The summed E-state index contributed by atoms with van der Waals surface area (Å²) >= 11 is 0. The SMILES string of the molecule is C#CCNC(=C)c1ccnn([C@@H](C)c2ccc(F)cc2)c1=O. The molecule has 0 aliphatic carbocycles. The summed E-state index contributed by atoms with van der Waals surface area (Å²) in [5.74, 6) is 2.10. The topological polar surface area (TPSA) is 46.9 Å². The molecule has 1 atom stereocenters. The average molecular weight is 297 g/mol. The Bertz CT molecular complexity index is 772. The van der Waals surface area contributed by atoms with Gasteiger partial charge in [-0.15, -0.1) is 6.42 Å². The molecule has 1 aromatic carbocycles. The maximum absolute atomic E-state index is 13.0. The van der Waals surface area contributed by atoms with Crippen LogP contribution in [0.3, 0.4) is 0 Å². The van der Waals surface area contributed by atoms with Crippen LogP contribution >= 0.6 is 0 Å². The average Bonchev–Trinajstić information content (AvgIpc) is 2.53. The van der Waals surface area contributed by atoms with E-state index in [2.05, 4.69) is 22.9 Å². The fraction of sp³-hybridized carbons (Fsp3) is 0.176. The highest BCUT2D eigenvalue weighted by molar-refractivity contribution is 5.60. The number of terminal acetylenes is 1. The van der Waals surface area contributed by atoms with Crippen molar-refractivity contribution in [2.75, 3.05) is 6.54 Å². The highest BCUT2D eigenvalue weighted by atomic mass is 19.1. The maximum atomic E-state index is 13.0. The van der Waals surface area contributed by atoms with Crippen molar-refractivity contribution < 1.29 is 4.39 Å². The van der Waals surface area contributed by atoms with Crippen LogP contribution in [0.15, 0.2) is 47.9 Å². The second kappa shape index (κ2) is 6.72. The van der Waals surface area contributed by atoms with Crippen molar-refractivity contribution in [1.82, 2.24) is 15.1 Å². The molecule has 0 amide bonds. The van der Waals surface area contributed by atoms with E-state index < -0.39 is 0 Å². The van der Waals surface area contributed by atoms with Crippen LogP contribution < -0.4 is 10.9 Å². The molecule has 1 heterocycles. The quantitative estimate of drug-likeness (QED) is 0.861. The van der Waals surface area contributed by atoms with Gasteiger partial charge in [-0.1, -0.05) is 24.6 Å². The number of hydrogen-bond acceptors (Lipinski definition) is 3. The minimum atomic E-state index is -0.325. The van der Waals surface area contributed by atoms with E-state index in [4.69, 9.17) is 6.42 Å². The van der Waals surface area contributed by atoms with Crippen LogP contribution in [0.1, 0.15) is 24.1 Å². The molecular weight excluding hydrogens is 281 g/mol. The lowest BCUT2D eigenvalue weighted by atomic mass is 10.1. The normalized spacial score (nSPS) is 11.5. The number of halogens is 1. The minimum absolute atomic E-state index is 0.283. The number of benzene rings is 1. The molecule has 0 bridgehead atoms. The molecule has 22 heavy (non-hydrogen) atoms. The van der Waals surface area contributed by atoms with Crippen LogP contribution in [0.5, 0.6) is 0 Å². The van der Waals surface area contributed by atoms with Gasteiger partial charge in [-0.25, -0.2) is 9.07 Å². The third-order valence-corrected chi connectivity index (χ3v) is 3.32. The van der Waals surface area contributed by atoms with Crippen LogP contribution in [-0.2, 0) is 0 Å². The molecule has 5 heteroatoms. The number of aromatic nitrogens is 2. The highest BCUT2D eigenvalue weighted by Crippen LogP contribution is 2.16. The first-order valence-corrected chi connectivity index (χ1v) is 6.74. The van der Waals surface area contributed by atoms with Crippen molar-refractivity contribution in [2.45, 2.75) is 13.0 Å². The van der Waals surface area contributed by atoms with Crippen molar-refractivity contribution in [3.8, 4) is 12.3 Å². The molecule has 1 aromatic heterocycles. The fourth-order valence-corrected chi connectivity index (χ4v) is 2.07. The zero-order valence-corrected chi connectivity index (χ0v) is 12.2. The van der Waals surface area contributed by atoms with E-state index in [1.807, 2.05) is 6.92 Å². The molecule has 0 unspecified atom stereocenters. The fourth-order valence-electron chi connectivity index (χ4n) is 2.07. The summed E-state index contributed by atoms with van der Waals surface area (Å²) in [7, 11) is 0. The molecule has 0 saturated heterocycles. The lowest BCUT2D eigenvalue weighted by molar-refractivity contribution is 0.528. The Morgan fingerprint density at radius 3 is 2.77 bits per heavy atom. The molecule has 4 nitrogen and oxygen atoms in total. The van der Waals surface area contributed by atoms with Gasteiger partial charge in [0.15, 0.2) is 0 Å². The number of rotatable bonds is 5. The molecule has 0 aliphatic rings. The number of nitrogens with zero attached hydrogens (tertiary/aromatic N) is 2. The molecular formula is C17H16FN3O. The molecule has 0 aliphatic heterocycles. The Kier molecular flexibility index (Phi) is 4.74. The van der Waals surface area contributed by atoms with Crippen LogP contribution in [0.2, 0.25) is 0 Å². The lowest BCUT2D eigenvalue weighted by Crippen LogP contribution is -2.30. The minimum Gasteiger partial charge on any atom is -0.374 e. The van der Waals surface area contributed by atoms with Gasteiger partial charge >= 0.3 is 0 Å². The van der Waals surface area contributed by atoms with Crippen molar-refractivity contribution in [3.63, 3.8) is 0 Å². The monoisotopic (exact) mass is 297 g/mol. The number of nitrogens with one attached hydrogen (secondary N) is 1. The molecule has 2 aromatic rings. The third kappa shape index (κ3) is 3.23. The van der Waals surface area contributed by atoms with E-state index in [1.54, 1.807) is 18.2 Å². The second-order valence-electron chi connectivity index (χ2n) is 4.76. The molecule has 0 fully saturated rings. The Hall–Kier alpha value is -2.87.